The highest BCUT2D eigenvalue weighted by molar-refractivity contribution is 7.89. The third kappa shape index (κ3) is 3.28. The van der Waals surface area contributed by atoms with Crippen LogP contribution in [0, 0.1) is 0 Å². The number of rotatable bonds is 4. The van der Waals surface area contributed by atoms with E-state index in [9.17, 15) is 8.42 Å². The van der Waals surface area contributed by atoms with Crippen molar-refractivity contribution in [3.05, 3.63) is 28.8 Å². The van der Waals surface area contributed by atoms with Crippen molar-refractivity contribution in [2.45, 2.75) is 49.6 Å². The van der Waals surface area contributed by atoms with Crippen LogP contribution in [0.1, 0.15) is 38.2 Å². The average molecular weight is 303 g/mol. The Morgan fingerprint density at radius 3 is 2.58 bits per heavy atom. The zero-order valence-electron chi connectivity index (χ0n) is 10.9. The molecule has 0 radical (unpaired) electrons. The van der Waals surface area contributed by atoms with E-state index in [1.807, 2.05) is 6.92 Å². The van der Waals surface area contributed by atoms with Crippen molar-refractivity contribution < 1.29 is 8.42 Å². The van der Waals surface area contributed by atoms with Crippen LogP contribution < -0.4 is 10.5 Å². The molecule has 0 aliphatic heterocycles. The number of halogens is 1. The van der Waals surface area contributed by atoms with Gasteiger partial charge in [0, 0.05) is 17.1 Å². The summed E-state index contributed by atoms with van der Waals surface area (Å²) in [5, 5.41) is 0.494. The van der Waals surface area contributed by atoms with Crippen molar-refractivity contribution >= 4 is 21.6 Å². The zero-order valence-corrected chi connectivity index (χ0v) is 12.5. The van der Waals surface area contributed by atoms with Gasteiger partial charge in [-0.2, -0.15) is 0 Å². The van der Waals surface area contributed by atoms with Crippen LogP contribution in [0.4, 0.5) is 0 Å². The molecule has 0 amide bonds. The monoisotopic (exact) mass is 302 g/mol. The quantitative estimate of drug-likeness (QED) is 0.897. The van der Waals surface area contributed by atoms with Crippen molar-refractivity contribution in [2.75, 3.05) is 0 Å². The molecule has 0 heterocycles. The van der Waals surface area contributed by atoms with Crippen LogP contribution in [0.2, 0.25) is 5.02 Å². The van der Waals surface area contributed by atoms with Gasteiger partial charge in [0.15, 0.2) is 0 Å². The first-order valence-corrected chi connectivity index (χ1v) is 8.25. The lowest BCUT2D eigenvalue weighted by atomic mass is 10.0. The van der Waals surface area contributed by atoms with E-state index in [-0.39, 0.29) is 17.0 Å². The van der Waals surface area contributed by atoms with Gasteiger partial charge < -0.3 is 5.73 Å². The van der Waals surface area contributed by atoms with Crippen molar-refractivity contribution in [3.8, 4) is 0 Å². The topological polar surface area (TPSA) is 72.2 Å². The van der Waals surface area contributed by atoms with E-state index >= 15 is 0 Å². The molecule has 0 atom stereocenters. The SMILES string of the molecule is CC1(NS(=O)(=O)c2ccc(Cl)c(CN)c2)CCCC1. The summed E-state index contributed by atoms with van der Waals surface area (Å²) in [6, 6.07) is 4.64. The molecule has 1 aromatic carbocycles. The Morgan fingerprint density at radius 2 is 2.00 bits per heavy atom. The maximum atomic E-state index is 12.4. The minimum Gasteiger partial charge on any atom is -0.326 e. The molecular weight excluding hydrogens is 284 g/mol. The Kier molecular flexibility index (Phi) is 4.20. The van der Waals surface area contributed by atoms with Gasteiger partial charge in [-0.1, -0.05) is 24.4 Å². The lowest BCUT2D eigenvalue weighted by Gasteiger charge is -2.25. The number of benzene rings is 1. The third-order valence-corrected chi connectivity index (χ3v) is 5.64. The summed E-state index contributed by atoms with van der Waals surface area (Å²) in [5.74, 6) is 0. The molecule has 3 N–H and O–H groups in total. The van der Waals surface area contributed by atoms with Crippen LogP contribution in [-0.4, -0.2) is 14.0 Å². The number of nitrogens with one attached hydrogen (secondary N) is 1. The number of sulfonamides is 1. The van der Waals surface area contributed by atoms with Crippen molar-refractivity contribution in [2.24, 2.45) is 5.73 Å². The largest absolute Gasteiger partial charge is 0.326 e. The fourth-order valence-corrected chi connectivity index (χ4v) is 4.23. The highest BCUT2D eigenvalue weighted by Gasteiger charge is 2.33. The van der Waals surface area contributed by atoms with Gasteiger partial charge in [0.25, 0.3) is 0 Å². The van der Waals surface area contributed by atoms with Crippen molar-refractivity contribution in [1.82, 2.24) is 4.72 Å². The highest BCUT2D eigenvalue weighted by Crippen LogP contribution is 2.31. The van der Waals surface area contributed by atoms with Crippen LogP contribution >= 0.6 is 11.6 Å². The van der Waals surface area contributed by atoms with Crippen LogP contribution in [0.15, 0.2) is 23.1 Å². The van der Waals surface area contributed by atoms with E-state index in [0.717, 1.165) is 25.7 Å². The van der Waals surface area contributed by atoms with Gasteiger partial charge in [-0.25, -0.2) is 13.1 Å². The first-order valence-electron chi connectivity index (χ1n) is 6.39. The zero-order chi connectivity index (χ0) is 14.1. The normalized spacial score (nSPS) is 18.7. The second-order valence-corrected chi connectivity index (χ2v) is 7.42. The number of hydrogen-bond donors (Lipinski definition) is 2. The molecular formula is C13H19ClN2O2S. The smallest absolute Gasteiger partial charge is 0.241 e. The Bertz CT molecular complexity index is 566. The summed E-state index contributed by atoms with van der Waals surface area (Å²) < 4.78 is 27.6. The molecule has 0 aromatic heterocycles. The Balaban J connectivity index is 2.29. The fraction of sp³-hybridized carbons (Fsp3) is 0.538. The lowest BCUT2D eigenvalue weighted by molar-refractivity contribution is 0.427. The summed E-state index contributed by atoms with van der Waals surface area (Å²) in [4.78, 5) is 0.227. The van der Waals surface area contributed by atoms with E-state index in [4.69, 9.17) is 17.3 Å². The average Bonchev–Trinajstić information content (AvgIpc) is 2.75. The Labute approximate surface area is 119 Å². The minimum absolute atomic E-state index is 0.222. The molecule has 2 rings (SSSR count). The van der Waals surface area contributed by atoms with Crippen molar-refractivity contribution in [1.29, 1.82) is 0 Å². The molecule has 6 heteroatoms. The second-order valence-electron chi connectivity index (χ2n) is 5.33. The van der Waals surface area contributed by atoms with Crippen LogP contribution in [-0.2, 0) is 16.6 Å². The maximum Gasteiger partial charge on any atom is 0.241 e. The van der Waals surface area contributed by atoms with Gasteiger partial charge in [-0.3, -0.25) is 0 Å². The Morgan fingerprint density at radius 1 is 1.37 bits per heavy atom. The molecule has 19 heavy (non-hydrogen) atoms. The van der Waals surface area contributed by atoms with Crippen molar-refractivity contribution in [3.63, 3.8) is 0 Å². The first kappa shape index (κ1) is 14.8. The molecule has 106 valence electrons. The van der Waals surface area contributed by atoms with Gasteiger partial charge >= 0.3 is 0 Å². The Hall–Kier alpha value is -0.620. The molecule has 1 fully saturated rings. The number of nitrogens with two attached hydrogens (primary N) is 1. The second kappa shape index (κ2) is 5.40. The summed E-state index contributed by atoms with van der Waals surface area (Å²) in [6.45, 7) is 2.18. The third-order valence-electron chi connectivity index (χ3n) is 3.64. The van der Waals surface area contributed by atoms with E-state index < -0.39 is 10.0 Å². The van der Waals surface area contributed by atoms with Gasteiger partial charge in [0.1, 0.15) is 0 Å². The molecule has 0 unspecified atom stereocenters. The van der Waals surface area contributed by atoms with E-state index in [2.05, 4.69) is 4.72 Å². The summed E-state index contributed by atoms with van der Waals surface area (Å²) in [6.07, 6.45) is 3.88. The first-order chi connectivity index (χ1) is 8.86. The maximum absolute atomic E-state index is 12.4. The molecule has 1 aliphatic rings. The van der Waals surface area contributed by atoms with Gasteiger partial charge in [-0.05, 0) is 43.5 Å². The molecule has 1 saturated carbocycles. The van der Waals surface area contributed by atoms with Crippen LogP contribution in [0.5, 0.6) is 0 Å². The predicted octanol–water partition coefficient (Wildman–Crippen LogP) is 2.41. The summed E-state index contributed by atoms with van der Waals surface area (Å²) in [7, 11) is -3.52. The highest BCUT2D eigenvalue weighted by atomic mass is 35.5. The summed E-state index contributed by atoms with van der Waals surface area (Å²) >= 11 is 5.95. The number of hydrogen-bond acceptors (Lipinski definition) is 3. The molecule has 1 aliphatic carbocycles. The van der Waals surface area contributed by atoms with Gasteiger partial charge in [0.05, 0.1) is 4.90 Å². The molecule has 0 spiro atoms. The molecule has 1 aromatic rings. The van der Waals surface area contributed by atoms with E-state index in [1.54, 1.807) is 12.1 Å². The molecule has 4 nitrogen and oxygen atoms in total. The molecule has 0 bridgehead atoms. The predicted molar refractivity (Wildman–Crippen MR) is 76.5 cm³/mol. The summed E-state index contributed by atoms with van der Waals surface area (Å²) in [5.41, 5.74) is 5.86. The van der Waals surface area contributed by atoms with Gasteiger partial charge in [0.2, 0.25) is 10.0 Å². The minimum atomic E-state index is -3.52. The van der Waals surface area contributed by atoms with E-state index in [1.165, 1.54) is 6.07 Å². The van der Waals surface area contributed by atoms with Crippen LogP contribution in [0.25, 0.3) is 0 Å². The fourth-order valence-electron chi connectivity index (χ4n) is 2.52. The van der Waals surface area contributed by atoms with E-state index in [0.29, 0.717) is 10.6 Å². The molecule has 0 saturated heterocycles. The lowest BCUT2D eigenvalue weighted by Crippen LogP contribution is -2.43. The van der Waals surface area contributed by atoms with Crippen LogP contribution in [0.3, 0.4) is 0 Å². The van der Waals surface area contributed by atoms with Gasteiger partial charge in [-0.15, -0.1) is 0 Å². The standard InChI is InChI=1S/C13H19ClN2O2S/c1-13(6-2-3-7-13)16-19(17,18)11-4-5-12(14)10(8-11)9-15/h4-5,8,16H,2-3,6-7,9,15H2,1H3.